The first-order valence-electron chi connectivity index (χ1n) is 9.98. The van der Waals surface area contributed by atoms with Crippen molar-refractivity contribution in [3.8, 4) is 0 Å². The minimum Gasteiger partial charge on any atom is -0.338 e. The third-order valence-electron chi connectivity index (χ3n) is 5.43. The minimum atomic E-state index is -0.221. The van der Waals surface area contributed by atoms with Crippen LogP contribution in [-0.2, 0) is 13.5 Å². The summed E-state index contributed by atoms with van der Waals surface area (Å²) < 4.78 is 14.8. The molecule has 0 radical (unpaired) electrons. The summed E-state index contributed by atoms with van der Waals surface area (Å²) in [6, 6.07) is 10.8. The zero-order valence-electron chi connectivity index (χ0n) is 16.8. The van der Waals surface area contributed by atoms with Crippen molar-refractivity contribution in [2.24, 2.45) is 7.05 Å². The predicted molar refractivity (Wildman–Crippen MR) is 109 cm³/mol. The summed E-state index contributed by atoms with van der Waals surface area (Å²) in [7, 11) is 1.81. The van der Waals surface area contributed by atoms with E-state index in [0.29, 0.717) is 12.1 Å². The molecule has 4 rings (SSSR count). The van der Waals surface area contributed by atoms with Gasteiger partial charge in [0.25, 0.3) is 5.91 Å². The average molecular weight is 392 g/mol. The smallest absolute Gasteiger partial charge is 0.257 e. The lowest BCUT2D eigenvalue weighted by molar-refractivity contribution is 0.0706. The van der Waals surface area contributed by atoms with Crippen molar-refractivity contribution < 1.29 is 9.18 Å². The van der Waals surface area contributed by atoms with E-state index in [1.54, 1.807) is 17.1 Å². The molecule has 1 atom stereocenters. The highest BCUT2D eigenvalue weighted by Gasteiger charge is 2.27. The summed E-state index contributed by atoms with van der Waals surface area (Å²) in [5, 5.41) is 4.11. The maximum Gasteiger partial charge on any atom is 0.257 e. The molecule has 1 amide bonds. The number of hydrogen-bond donors (Lipinski definition) is 0. The zero-order valence-corrected chi connectivity index (χ0v) is 16.8. The molecule has 1 aliphatic heterocycles. The number of benzene rings is 1. The number of halogens is 1. The Morgan fingerprint density at radius 1 is 1.21 bits per heavy atom. The topological polar surface area (TPSA) is 51.0 Å². The van der Waals surface area contributed by atoms with Crippen LogP contribution in [0.25, 0.3) is 0 Å². The Kier molecular flexibility index (Phi) is 5.43. The van der Waals surface area contributed by atoms with E-state index < -0.39 is 0 Å². The van der Waals surface area contributed by atoms with E-state index in [1.807, 2.05) is 31.0 Å². The van der Waals surface area contributed by atoms with E-state index in [-0.39, 0.29) is 17.6 Å². The predicted octanol–water partition coefficient (Wildman–Crippen LogP) is 3.87. The maximum absolute atomic E-state index is 13.2. The third-order valence-corrected chi connectivity index (χ3v) is 5.43. The molecule has 0 aliphatic carbocycles. The molecule has 3 aromatic rings. The van der Waals surface area contributed by atoms with E-state index in [9.17, 15) is 9.18 Å². The van der Waals surface area contributed by atoms with Gasteiger partial charge in [0, 0.05) is 43.6 Å². The first-order valence-corrected chi connectivity index (χ1v) is 9.98. The number of likely N-dealkylation sites (tertiary alicyclic amines) is 1. The fourth-order valence-electron chi connectivity index (χ4n) is 4.03. The lowest BCUT2D eigenvalue weighted by Gasteiger charge is -2.32. The maximum atomic E-state index is 13.2. The van der Waals surface area contributed by atoms with Gasteiger partial charge in [0.15, 0.2) is 0 Å². The number of hydrogen-bond acceptors (Lipinski definition) is 3. The quantitative estimate of drug-likeness (QED) is 0.677. The minimum absolute atomic E-state index is 0.0296. The second kappa shape index (κ2) is 8.15. The summed E-state index contributed by atoms with van der Waals surface area (Å²) in [5.74, 6) is 0.0270. The van der Waals surface area contributed by atoms with Crippen molar-refractivity contribution in [1.29, 1.82) is 0 Å². The number of carbonyl (C=O) groups excluding carboxylic acids is 1. The first-order chi connectivity index (χ1) is 14.0. The van der Waals surface area contributed by atoms with Crippen LogP contribution in [-0.4, -0.2) is 38.7 Å². The molecular formula is C23H25FN4O. The molecule has 0 unspecified atom stereocenters. The zero-order chi connectivity index (χ0) is 20.4. The van der Waals surface area contributed by atoms with Gasteiger partial charge in [-0.15, -0.1) is 0 Å². The van der Waals surface area contributed by atoms with Gasteiger partial charge in [-0.1, -0.05) is 12.1 Å². The third kappa shape index (κ3) is 4.53. The molecule has 150 valence electrons. The number of carbonyl (C=O) groups is 1. The second-order valence-electron chi connectivity index (χ2n) is 7.84. The largest absolute Gasteiger partial charge is 0.338 e. The van der Waals surface area contributed by atoms with Crippen LogP contribution in [0.4, 0.5) is 4.39 Å². The Morgan fingerprint density at radius 3 is 2.72 bits per heavy atom. The van der Waals surface area contributed by atoms with Crippen LogP contribution in [0.1, 0.15) is 51.6 Å². The number of pyridine rings is 1. The second-order valence-corrected chi connectivity index (χ2v) is 7.84. The molecule has 0 bridgehead atoms. The van der Waals surface area contributed by atoms with Crippen LogP contribution in [0.3, 0.4) is 0 Å². The fourth-order valence-corrected chi connectivity index (χ4v) is 4.03. The molecule has 0 saturated carbocycles. The van der Waals surface area contributed by atoms with E-state index in [0.717, 1.165) is 48.3 Å². The lowest BCUT2D eigenvalue weighted by atomic mass is 9.92. The van der Waals surface area contributed by atoms with Gasteiger partial charge in [-0.25, -0.2) is 4.39 Å². The van der Waals surface area contributed by atoms with Gasteiger partial charge < -0.3 is 4.90 Å². The molecule has 1 aromatic carbocycles. The molecule has 6 heteroatoms. The average Bonchev–Trinajstić information content (AvgIpc) is 3.15. The van der Waals surface area contributed by atoms with E-state index in [1.165, 1.54) is 12.1 Å². The number of aromatic nitrogens is 3. The molecule has 2 aromatic heterocycles. The Hall–Kier alpha value is -3.02. The highest BCUT2D eigenvalue weighted by atomic mass is 19.1. The Morgan fingerprint density at radius 2 is 2.00 bits per heavy atom. The first kappa shape index (κ1) is 19.3. The summed E-state index contributed by atoms with van der Waals surface area (Å²) >= 11 is 0. The monoisotopic (exact) mass is 392 g/mol. The molecule has 0 spiro atoms. The molecule has 3 heterocycles. The normalized spacial score (nSPS) is 16.8. The van der Waals surface area contributed by atoms with E-state index in [4.69, 9.17) is 4.98 Å². The summed E-state index contributed by atoms with van der Waals surface area (Å²) in [4.78, 5) is 19.5. The Balaban J connectivity index is 1.52. The fraction of sp³-hybridized carbons (Fsp3) is 0.348. The molecular weight excluding hydrogens is 367 g/mol. The van der Waals surface area contributed by atoms with Crippen LogP contribution in [0.5, 0.6) is 0 Å². The summed E-state index contributed by atoms with van der Waals surface area (Å²) in [6.45, 7) is 3.43. The summed E-state index contributed by atoms with van der Waals surface area (Å²) in [6.07, 6.45) is 6.10. The molecule has 1 aliphatic rings. The van der Waals surface area contributed by atoms with Crippen molar-refractivity contribution in [1.82, 2.24) is 19.7 Å². The molecule has 5 nitrogen and oxygen atoms in total. The van der Waals surface area contributed by atoms with E-state index >= 15 is 0 Å². The van der Waals surface area contributed by atoms with Crippen LogP contribution in [0.15, 0.2) is 48.8 Å². The van der Waals surface area contributed by atoms with Crippen molar-refractivity contribution in [2.45, 2.75) is 32.1 Å². The highest BCUT2D eigenvalue weighted by molar-refractivity contribution is 5.93. The van der Waals surface area contributed by atoms with E-state index in [2.05, 4.69) is 17.2 Å². The molecule has 1 saturated heterocycles. The van der Waals surface area contributed by atoms with Gasteiger partial charge in [-0.05, 0) is 61.6 Å². The molecule has 0 N–H and O–H groups in total. The standard InChI is InChI=1S/C23H25FN4O/c1-16-10-18(11-17-5-7-21(24)8-6-17)12-22(26-16)19-4-3-9-28(15-19)23(29)20-13-25-27(2)14-20/h5-8,10,12-14,19H,3-4,9,11,15H2,1-2H3/t19-/m0/s1. The molecule has 29 heavy (non-hydrogen) atoms. The van der Waals surface area contributed by atoms with Crippen LogP contribution in [0, 0.1) is 12.7 Å². The van der Waals surface area contributed by atoms with Crippen LogP contribution >= 0.6 is 0 Å². The Bertz CT molecular complexity index is 1010. The van der Waals surface area contributed by atoms with Gasteiger partial charge in [-0.2, -0.15) is 5.10 Å². The summed E-state index contributed by atoms with van der Waals surface area (Å²) in [5.41, 5.74) is 4.86. The van der Waals surface area contributed by atoms with Gasteiger partial charge >= 0.3 is 0 Å². The van der Waals surface area contributed by atoms with Crippen molar-refractivity contribution in [3.63, 3.8) is 0 Å². The number of nitrogens with zero attached hydrogens (tertiary/aromatic N) is 4. The van der Waals surface area contributed by atoms with Crippen LogP contribution in [0.2, 0.25) is 0 Å². The van der Waals surface area contributed by atoms with Crippen molar-refractivity contribution in [3.05, 3.63) is 82.7 Å². The molecule has 1 fully saturated rings. The number of amides is 1. The van der Waals surface area contributed by atoms with Gasteiger partial charge in [0.1, 0.15) is 5.82 Å². The van der Waals surface area contributed by atoms with Gasteiger partial charge in [0.2, 0.25) is 0 Å². The number of aryl methyl sites for hydroxylation is 2. The van der Waals surface area contributed by atoms with Crippen molar-refractivity contribution in [2.75, 3.05) is 13.1 Å². The number of piperidine rings is 1. The van der Waals surface area contributed by atoms with Crippen molar-refractivity contribution >= 4 is 5.91 Å². The number of rotatable bonds is 4. The SMILES string of the molecule is Cc1cc(Cc2ccc(F)cc2)cc([C@H]2CCCN(C(=O)c3cnn(C)c3)C2)n1. The highest BCUT2D eigenvalue weighted by Crippen LogP contribution is 2.28. The van der Waals surface area contributed by atoms with Crippen LogP contribution < -0.4 is 0 Å². The lowest BCUT2D eigenvalue weighted by Crippen LogP contribution is -2.39. The van der Waals surface area contributed by atoms with Gasteiger partial charge in [0.05, 0.1) is 11.8 Å². The Labute approximate surface area is 170 Å². The van der Waals surface area contributed by atoms with Gasteiger partial charge in [-0.3, -0.25) is 14.5 Å².